The van der Waals surface area contributed by atoms with Crippen molar-refractivity contribution in [3.63, 3.8) is 0 Å². The molecule has 178 valence electrons. The first-order valence-corrected chi connectivity index (χ1v) is 12.9. The highest BCUT2D eigenvalue weighted by Crippen LogP contribution is 2.30. The molecule has 1 heterocycles. The minimum absolute atomic E-state index is 0.134. The van der Waals surface area contributed by atoms with Crippen LogP contribution in [0.25, 0.3) is 0 Å². The van der Waals surface area contributed by atoms with Gasteiger partial charge in [0.15, 0.2) is 0 Å². The average molecular weight is 484 g/mol. The fourth-order valence-corrected chi connectivity index (χ4v) is 4.79. The number of nitrogens with zero attached hydrogens (tertiary/aromatic N) is 3. The van der Waals surface area contributed by atoms with E-state index in [1.54, 1.807) is 19.9 Å². The Kier molecular flexibility index (Phi) is 10.2. The lowest BCUT2D eigenvalue weighted by Crippen LogP contribution is -2.61. The molecular formula is C21H33N5O4S2. The highest BCUT2D eigenvalue weighted by Gasteiger charge is 2.42. The summed E-state index contributed by atoms with van der Waals surface area (Å²) in [7, 11) is 3.94. The number of carbonyl (C=O) groups is 3. The third-order valence-corrected chi connectivity index (χ3v) is 6.98. The van der Waals surface area contributed by atoms with E-state index in [2.05, 4.69) is 20.8 Å². The van der Waals surface area contributed by atoms with Gasteiger partial charge in [-0.25, -0.2) is 0 Å². The Bertz CT molecular complexity index is 834. The van der Waals surface area contributed by atoms with Crippen LogP contribution in [0, 0.1) is 0 Å². The third kappa shape index (κ3) is 7.08. The van der Waals surface area contributed by atoms with E-state index in [9.17, 15) is 14.4 Å². The maximum Gasteiger partial charge on any atom is 0.286 e. The zero-order valence-electron chi connectivity index (χ0n) is 19.4. The fourth-order valence-electron chi connectivity index (χ4n) is 3.45. The summed E-state index contributed by atoms with van der Waals surface area (Å²) < 4.78 is 5.47. The van der Waals surface area contributed by atoms with Crippen molar-refractivity contribution < 1.29 is 18.8 Å². The lowest BCUT2D eigenvalue weighted by molar-refractivity contribution is -0.133. The van der Waals surface area contributed by atoms with Crippen LogP contribution in [0.5, 0.6) is 0 Å². The monoisotopic (exact) mass is 483 g/mol. The summed E-state index contributed by atoms with van der Waals surface area (Å²) in [6.45, 7) is 4.21. The third-order valence-electron chi connectivity index (χ3n) is 5.32. The Hall–Kier alpha value is -1.85. The van der Waals surface area contributed by atoms with E-state index in [1.165, 1.54) is 23.5 Å². The van der Waals surface area contributed by atoms with Crippen molar-refractivity contribution in [3.05, 3.63) is 16.9 Å². The predicted octanol–water partition coefficient (Wildman–Crippen LogP) is 2.50. The second-order valence-corrected chi connectivity index (χ2v) is 9.93. The van der Waals surface area contributed by atoms with Gasteiger partial charge in [0.2, 0.25) is 11.7 Å². The van der Waals surface area contributed by atoms with E-state index >= 15 is 0 Å². The molecule has 11 heteroatoms. The molecule has 1 atom stereocenters. The average Bonchev–Trinajstić information content (AvgIpc) is 3.23. The van der Waals surface area contributed by atoms with Gasteiger partial charge < -0.3 is 20.0 Å². The summed E-state index contributed by atoms with van der Waals surface area (Å²) in [6.07, 6.45) is 7.28. The minimum Gasteiger partial charge on any atom is -0.408 e. The number of hydrogen-bond donors (Lipinski definition) is 2. The number of thioether (sulfide) groups is 2. The van der Waals surface area contributed by atoms with Crippen LogP contribution < -0.4 is 10.6 Å². The predicted molar refractivity (Wildman–Crippen MR) is 127 cm³/mol. The first kappa shape index (κ1) is 26.4. The van der Waals surface area contributed by atoms with E-state index in [4.69, 9.17) is 4.42 Å². The van der Waals surface area contributed by atoms with Crippen molar-refractivity contribution in [2.24, 2.45) is 0 Å². The maximum atomic E-state index is 13.2. The largest absolute Gasteiger partial charge is 0.408 e. The Balaban J connectivity index is 2.05. The molecule has 1 aliphatic rings. The molecule has 2 amide bonds. The van der Waals surface area contributed by atoms with Gasteiger partial charge in [0, 0.05) is 12.3 Å². The molecule has 1 unspecified atom stereocenters. The standard InChI is InChI=1S/C21H33N5O4S2/c1-6-15(31-5)17(28)23-21(10-8-7-9-11-21)19(29)22-14(2)16(27)18-24-25-20(30-18)32-13-12-26(3)4/h6,14H,7-13H2,1-5H3,(H,22,29)(H,23,28)/b15-6-. The molecule has 2 rings (SSSR count). The Labute approximate surface area is 197 Å². The molecule has 1 aliphatic carbocycles. The van der Waals surface area contributed by atoms with Gasteiger partial charge in [0.05, 0.1) is 10.9 Å². The van der Waals surface area contributed by atoms with E-state index < -0.39 is 17.4 Å². The summed E-state index contributed by atoms with van der Waals surface area (Å²) in [5.74, 6) is -0.469. The lowest BCUT2D eigenvalue weighted by Gasteiger charge is -2.37. The van der Waals surface area contributed by atoms with E-state index in [0.717, 1.165) is 31.6 Å². The molecular weight excluding hydrogens is 450 g/mol. The number of ketones is 1. The molecule has 1 aromatic rings. The minimum atomic E-state index is -1.03. The molecule has 0 aromatic carbocycles. The molecule has 0 saturated heterocycles. The highest BCUT2D eigenvalue weighted by molar-refractivity contribution is 8.03. The number of carbonyl (C=O) groups excluding carboxylic acids is 3. The maximum absolute atomic E-state index is 13.2. The van der Waals surface area contributed by atoms with Crippen LogP contribution in [0.1, 0.15) is 56.6 Å². The number of aromatic nitrogens is 2. The molecule has 0 spiro atoms. The molecule has 9 nitrogen and oxygen atoms in total. The number of hydrogen-bond acceptors (Lipinski definition) is 9. The molecule has 1 saturated carbocycles. The normalized spacial score (nSPS) is 17.1. The van der Waals surface area contributed by atoms with Gasteiger partial charge in [-0.15, -0.1) is 22.0 Å². The number of amides is 2. The summed E-state index contributed by atoms with van der Waals surface area (Å²) >= 11 is 2.71. The van der Waals surface area contributed by atoms with Gasteiger partial charge >= 0.3 is 0 Å². The van der Waals surface area contributed by atoms with Gasteiger partial charge in [0.25, 0.3) is 17.0 Å². The summed E-state index contributed by atoms with van der Waals surface area (Å²) in [6, 6.07) is -0.861. The van der Waals surface area contributed by atoms with Crippen LogP contribution in [0.2, 0.25) is 0 Å². The first-order chi connectivity index (χ1) is 15.2. The van der Waals surface area contributed by atoms with E-state index in [1.807, 2.05) is 25.3 Å². The van der Waals surface area contributed by atoms with Gasteiger partial charge in [0.1, 0.15) is 5.54 Å². The second kappa shape index (κ2) is 12.4. The fraction of sp³-hybridized carbons (Fsp3) is 0.667. The summed E-state index contributed by atoms with van der Waals surface area (Å²) in [4.78, 5) is 41.2. The number of allylic oxidation sites excluding steroid dienone is 1. The van der Waals surface area contributed by atoms with Crippen molar-refractivity contribution >= 4 is 41.1 Å². The van der Waals surface area contributed by atoms with Crippen molar-refractivity contribution in [3.8, 4) is 0 Å². The van der Waals surface area contributed by atoms with Crippen molar-refractivity contribution in [2.75, 3.05) is 32.6 Å². The SMILES string of the molecule is C/C=C(\SC)C(=O)NC1(C(=O)NC(C)C(=O)c2nnc(SCCN(C)C)o2)CCCCC1. The molecule has 1 fully saturated rings. The van der Waals surface area contributed by atoms with Gasteiger partial charge in [-0.1, -0.05) is 37.1 Å². The quantitative estimate of drug-likeness (QED) is 0.278. The molecule has 1 aromatic heterocycles. The Morgan fingerprint density at radius 3 is 2.50 bits per heavy atom. The highest BCUT2D eigenvalue weighted by atomic mass is 32.2. The van der Waals surface area contributed by atoms with Crippen LogP contribution in [-0.2, 0) is 9.59 Å². The summed E-state index contributed by atoms with van der Waals surface area (Å²) in [5.41, 5.74) is -1.03. The van der Waals surface area contributed by atoms with Crippen LogP contribution >= 0.6 is 23.5 Å². The second-order valence-electron chi connectivity index (χ2n) is 8.04. The van der Waals surface area contributed by atoms with E-state index in [0.29, 0.717) is 23.0 Å². The topological polar surface area (TPSA) is 117 Å². The smallest absolute Gasteiger partial charge is 0.286 e. The van der Waals surface area contributed by atoms with Crippen LogP contribution in [0.3, 0.4) is 0 Å². The molecule has 0 radical (unpaired) electrons. The lowest BCUT2D eigenvalue weighted by atomic mass is 9.80. The van der Waals surface area contributed by atoms with Crippen molar-refractivity contribution in [1.82, 2.24) is 25.7 Å². The zero-order chi connectivity index (χ0) is 23.7. The Morgan fingerprint density at radius 2 is 1.91 bits per heavy atom. The van der Waals surface area contributed by atoms with E-state index in [-0.39, 0.29) is 17.7 Å². The molecule has 0 bridgehead atoms. The van der Waals surface area contributed by atoms with Crippen LogP contribution in [0.15, 0.2) is 20.6 Å². The molecule has 2 N–H and O–H groups in total. The molecule has 32 heavy (non-hydrogen) atoms. The summed E-state index contributed by atoms with van der Waals surface area (Å²) in [5, 5.41) is 13.8. The van der Waals surface area contributed by atoms with Crippen molar-refractivity contribution in [2.45, 2.75) is 62.8 Å². The van der Waals surface area contributed by atoms with Crippen LogP contribution in [-0.4, -0.2) is 76.9 Å². The zero-order valence-corrected chi connectivity index (χ0v) is 21.0. The Morgan fingerprint density at radius 1 is 1.22 bits per heavy atom. The van der Waals surface area contributed by atoms with Gasteiger partial charge in [-0.3, -0.25) is 14.4 Å². The number of rotatable bonds is 11. The number of nitrogens with one attached hydrogen (secondary N) is 2. The van der Waals surface area contributed by atoms with Crippen LogP contribution in [0.4, 0.5) is 0 Å². The van der Waals surface area contributed by atoms with Gasteiger partial charge in [-0.2, -0.15) is 0 Å². The molecule has 0 aliphatic heterocycles. The van der Waals surface area contributed by atoms with Gasteiger partial charge in [-0.05, 0) is 47.0 Å². The number of Topliss-reactive ketones (excluding diaryl/α,β-unsaturated/α-hetero) is 1. The first-order valence-electron chi connectivity index (χ1n) is 10.7. The van der Waals surface area contributed by atoms with Crippen molar-refractivity contribution in [1.29, 1.82) is 0 Å².